The van der Waals surface area contributed by atoms with Gasteiger partial charge in [0.1, 0.15) is 0 Å². The minimum Gasteiger partial charge on any atom is -0.539 e. The van der Waals surface area contributed by atoms with Crippen LogP contribution in [-0.2, 0) is 19.2 Å². The summed E-state index contributed by atoms with van der Waals surface area (Å²) >= 11 is 0. The van der Waals surface area contributed by atoms with Gasteiger partial charge in [0.15, 0.2) is 5.97 Å². The molecule has 0 aromatic rings. The summed E-state index contributed by atoms with van der Waals surface area (Å²) in [6.07, 6.45) is 0. The van der Waals surface area contributed by atoms with Gasteiger partial charge < -0.3 is 58.1 Å². The van der Waals surface area contributed by atoms with E-state index in [0.717, 1.165) is 0 Å². The monoisotopic (exact) mass is 519 g/mol. The Morgan fingerprint density at radius 2 is 0.684 bits per heavy atom. The van der Waals surface area contributed by atoms with Crippen LogP contribution in [0.2, 0.25) is 0 Å². The van der Waals surface area contributed by atoms with Crippen molar-refractivity contribution in [2.75, 3.05) is 0 Å². The van der Waals surface area contributed by atoms with Crippen molar-refractivity contribution < 1.29 is 112 Å². The van der Waals surface area contributed by atoms with Gasteiger partial charge in [-0.05, 0) is 0 Å². The molecular weight excluding hydrogens is 504 g/mol. The zero-order chi connectivity index (χ0) is 10.3. The molecule has 0 rings (SSSR count). The first-order valence-corrected chi connectivity index (χ1v) is 2.19. The molecule has 0 fully saturated rings. The molecule has 0 unspecified atom stereocenters. The molecule has 0 aliphatic rings. The van der Waals surface area contributed by atoms with Crippen LogP contribution in [0.25, 0.3) is 0 Å². The standard InChI is InChI=1S/2C2H2O4.6H2O.Th/c2*3-1(4)2(5)6;;;;;;;/h2*(H,3,4)(H,5,6);6*1H2;/p-1. The van der Waals surface area contributed by atoms with Crippen LogP contribution in [-0.4, -0.2) is 72.1 Å². The molecule has 0 amide bonds. The quantitative estimate of drug-likeness (QED) is 0.257. The summed E-state index contributed by atoms with van der Waals surface area (Å²) in [7, 11) is 0. The first-order valence-electron chi connectivity index (χ1n) is 2.19. The summed E-state index contributed by atoms with van der Waals surface area (Å²) in [5.41, 5.74) is 0. The largest absolute Gasteiger partial charge is 0.539 e. The summed E-state index contributed by atoms with van der Waals surface area (Å²) in [5.74, 6) is -7.66. The van der Waals surface area contributed by atoms with E-state index >= 15 is 0 Å². The minimum absolute atomic E-state index is 0. The molecule has 0 aromatic heterocycles. The molecule has 15 N–H and O–H groups in total. The third kappa shape index (κ3) is 78.3. The summed E-state index contributed by atoms with van der Waals surface area (Å²) in [4.78, 5) is 36.2. The number of carboxylic acids is 4. The van der Waals surface area contributed by atoms with Gasteiger partial charge in [0.05, 0.1) is 0 Å². The first kappa shape index (κ1) is 64.3. The van der Waals surface area contributed by atoms with Crippen molar-refractivity contribution in [1.82, 2.24) is 0 Å². The predicted octanol–water partition coefficient (Wildman–Crippen LogP) is -7.97. The number of carbonyl (C=O) groups excluding carboxylic acids is 1. The molecule has 19 heavy (non-hydrogen) atoms. The molecule has 0 spiro atoms. The van der Waals surface area contributed by atoms with Gasteiger partial charge in [-0.2, -0.15) is 0 Å². The number of carbonyl (C=O) groups is 4. The van der Waals surface area contributed by atoms with Gasteiger partial charge in [0.2, 0.25) is 0 Å². The molecule has 0 bridgehead atoms. The minimum atomic E-state index is -2.07. The predicted molar refractivity (Wildman–Crippen MR) is 49.6 cm³/mol. The van der Waals surface area contributed by atoms with Crippen molar-refractivity contribution in [1.29, 1.82) is 0 Å². The average Bonchev–Trinajstić information content (AvgIpc) is 1.88. The van der Waals surface area contributed by atoms with Crippen molar-refractivity contribution >= 4 is 23.9 Å². The van der Waals surface area contributed by atoms with Gasteiger partial charge in [-0.1, -0.05) is 0 Å². The zero-order valence-corrected chi connectivity index (χ0v) is 13.0. The van der Waals surface area contributed by atoms with Crippen molar-refractivity contribution in [2.24, 2.45) is 0 Å². The SMILES string of the molecule is O.O.O.O.O.O.O=C(O)C(=O)O.O=C([O-])C(=O)O.[Th]. The van der Waals surface area contributed by atoms with E-state index in [4.69, 9.17) is 39.6 Å². The molecule has 14 nitrogen and oxygen atoms in total. The second kappa shape index (κ2) is 36.0. The molecule has 0 radical (unpaired) electrons. The second-order valence-electron chi connectivity index (χ2n) is 1.20. The maximum absolute atomic E-state index is 9.10. The van der Waals surface area contributed by atoms with Gasteiger partial charge in [0, 0.05) is 39.9 Å². The van der Waals surface area contributed by atoms with Gasteiger partial charge in [-0.3, -0.25) is 0 Å². The Hall–Kier alpha value is -1.04. The van der Waals surface area contributed by atoms with Crippen LogP contribution < -0.4 is 5.11 Å². The molecule has 0 aliphatic heterocycles. The van der Waals surface area contributed by atoms with Gasteiger partial charge in [0.25, 0.3) is 0 Å². The van der Waals surface area contributed by atoms with E-state index in [1.54, 1.807) is 0 Å². The summed E-state index contributed by atoms with van der Waals surface area (Å²) in [6, 6.07) is 0. The molecule has 0 aliphatic carbocycles. The summed E-state index contributed by atoms with van der Waals surface area (Å²) < 4.78 is 0. The van der Waals surface area contributed by atoms with Crippen LogP contribution in [0.15, 0.2) is 0 Å². The number of aliphatic carboxylic acids is 4. The number of hydrogen-bond acceptors (Lipinski definition) is 5. The van der Waals surface area contributed by atoms with Crippen LogP contribution in [0.5, 0.6) is 0 Å². The molecule has 0 heterocycles. The molecular formula is C4H15O14Th-. The van der Waals surface area contributed by atoms with Gasteiger partial charge >= 0.3 is 17.9 Å². The van der Waals surface area contributed by atoms with E-state index in [1.165, 1.54) is 0 Å². The Balaban J connectivity index is -0.0000000110. The van der Waals surface area contributed by atoms with E-state index in [-0.39, 0.29) is 72.8 Å². The molecule has 0 saturated carbocycles. The fourth-order valence-electron chi connectivity index (χ4n) is 0. The molecule has 120 valence electrons. The fourth-order valence-corrected chi connectivity index (χ4v) is 0. The van der Waals surface area contributed by atoms with Gasteiger partial charge in [-0.25, -0.2) is 14.4 Å². The molecule has 0 atom stereocenters. The first-order chi connectivity index (χ1) is 5.29. The van der Waals surface area contributed by atoms with E-state index in [0.29, 0.717) is 0 Å². The second-order valence-corrected chi connectivity index (χ2v) is 1.20. The number of hydrogen-bond donors (Lipinski definition) is 3. The zero-order valence-electron chi connectivity index (χ0n) is 8.88. The normalized spacial score (nSPS) is 4.63. The van der Waals surface area contributed by atoms with Crippen molar-refractivity contribution in [3.63, 3.8) is 0 Å². The number of carboxylic acid groups (broad SMARTS) is 4. The third-order valence-corrected chi connectivity index (χ3v) is 0.358. The van der Waals surface area contributed by atoms with Crippen LogP contribution in [0.3, 0.4) is 0 Å². The molecule has 0 saturated heterocycles. The Morgan fingerprint density at radius 1 is 0.579 bits per heavy atom. The van der Waals surface area contributed by atoms with Crippen LogP contribution in [0, 0.1) is 39.9 Å². The van der Waals surface area contributed by atoms with Crippen molar-refractivity contribution in [2.45, 2.75) is 0 Å². The Labute approximate surface area is 136 Å². The van der Waals surface area contributed by atoms with Crippen LogP contribution >= 0.6 is 0 Å². The third-order valence-electron chi connectivity index (χ3n) is 0.358. The smallest absolute Gasteiger partial charge is 0.414 e. The van der Waals surface area contributed by atoms with E-state index in [1.807, 2.05) is 0 Å². The average molecular weight is 519 g/mol. The summed E-state index contributed by atoms with van der Waals surface area (Å²) in [5, 5.41) is 31.1. The van der Waals surface area contributed by atoms with Crippen LogP contribution in [0.1, 0.15) is 0 Å². The van der Waals surface area contributed by atoms with Crippen molar-refractivity contribution in [3.8, 4) is 0 Å². The van der Waals surface area contributed by atoms with E-state index in [2.05, 4.69) is 0 Å². The maximum atomic E-state index is 9.10. The van der Waals surface area contributed by atoms with E-state index in [9.17, 15) is 0 Å². The topological polar surface area (TPSA) is 341 Å². The molecule has 15 heteroatoms. The number of rotatable bonds is 0. The fraction of sp³-hybridized carbons (Fsp3) is 0. The maximum Gasteiger partial charge on any atom is 0.414 e. The Morgan fingerprint density at radius 3 is 0.684 bits per heavy atom. The van der Waals surface area contributed by atoms with Crippen molar-refractivity contribution in [3.05, 3.63) is 0 Å². The van der Waals surface area contributed by atoms with E-state index < -0.39 is 23.9 Å². The Bertz CT molecular complexity index is 175. The Kier molecular flexibility index (Phi) is 122. The molecule has 0 aromatic carbocycles. The van der Waals surface area contributed by atoms with Crippen LogP contribution in [0.4, 0.5) is 0 Å². The van der Waals surface area contributed by atoms with Gasteiger partial charge in [-0.15, -0.1) is 0 Å². The summed E-state index contributed by atoms with van der Waals surface area (Å²) in [6.45, 7) is 0.